The van der Waals surface area contributed by atoms with E-state index in [9.17, 15) is 0 Å². The van der Waals surface area contributed by atoms with Gasteiger partial charge in [-0.25, -0.2) is 0 Å². The summed E-state index contributed by atoms with van der Waals surface area (Å²) in [7, 11) is 0. The Balaban J connectivity index is 2.14. The van der Waals surface area contributed by atoms with E-state index < -0.39 is 0 Å². The molecule has 13 heavy (non-hydrogen) atoms. The Morgan fingerprint density at radius 3 is 2.85 bits per heavy atom. The number of nitrogens with zero attached hydrogens (tertiary/aromatic N) is 3. The highest BCUT2D eigenvalue weighted by Crippen LogP contribution is 2.04. The predicted molar refractivity (Wildman–Crippen MR) is 47.3 cm³/mol. The minimum atomic E-state index is 0.672. The van der Waals surface area contributed by atoms with Gasteiger partial charge in [0.1, 0.15) is 11.5 Å². The summed E-state index contributed by atoms with van der Waals surface area (Å²) in [5, 5.41) is 8.04. The minimum absolute atomic E-state index is 0.672. The summed E-state index contributed by atoms with van der Waals surface area (Å²) in [6.07, 6.45) is 3.80. The highest BCUT2D eigenvalue weighted by atomic mass is 16.5. The van der Waals surface area contributed by atoms with Crippen molar-refractivity contribution in [3.63, 3.8) is 0 Å². The van der Waals surface area contributed by atoms with Crippen LogP contribution >= 0.6 is 0 Å². The van der Waals surface area contributed by atoms with Crippen LogP contribution in [0.2, 0.25) is 0 Å². The molecule has 2 aromatic rings. The quantitative estimate of drug-likeness (QED) is 0.698. The maximum atomic E-state index is 4.95. The van der Waals surface area contributed by atoms with Gasteiger partial charge in [-0.3, -0.25) is 4.68 Å². The van der Waals surface area contributed by atoms with Gasteiger partial charge in [-0.1, -0.05) is 5.16 Å². The van der Waals surface area contributed by atoms with Crippen LogP contribution in [-0.2, 0) is 6.54 Å². The molecule has 0 N–H and O–H groups in total. The SMILES string of the molecule is Cc1cnn(Cc2cc(C)on2)c1. The molecule has 2 heterocycles. The first-order valence-corrected chi connectivity index (χ1v) is 4.15. The van der Waals surface area contributed by atoms with Crippen LogP contribution < -0.4 is 0 Å². The van der Waals surface area contributed by atoms with Crippen LogP contribution in [0.25, 0.3) is 0 Å². The van der Waals surface area contributed by atoms with Crippen molar-refractivity contribution in [3.8, 4) is 0 Å². The molecule has 2 aromatic heterocycles. The normalized spacial score (nSPS) is 10.6. The van der Waals surface area contributed by atoms with E-state index in [1.165, 1.54) is 0 Å². The maximum absolute atomic E-state index is 4.95. The zero-order chi connectivity index (χ0) is 9.26. The fraction of sp³-hybridized carbons (Fsp3) is 0.333. The largest absolute Gasteiger partial charge is 0.361 e. The van der Waals surface area contributed by atoms with Gasteiger partial charge in [-0.2, -0.15) is 5.10 Å². The van der Waals surface area contributed by atoms with Crippen LogP contribution in [0.4, 0.5) is 0 Å². The molecule has 0 spiro atoms. The lowest BCUT2D eigenvalue weighted by Gasteiger charge is -1.94. The summed E-state index contributed by atoms with van der Waals surface area (Å²) >= 11 is 0. The lowest BCUT2D eigenvalue weighted by Crippen LogP contribution is -1.99. The third-order valence-electron chi connectivity index (χ3n) is 1.76. The molecular weight excluding hydrogens is 166 g/mol. The van der Waals surface area contributed by atoms with Crippen molar-refractivity contribution in [1.82, 2.24) is 14.9 Å². The van der Waals surface area contributed by atoms with E-state index in [0.29, 0.717) is 6.54 Å². The molecule has 68 valence electrons. The van der Waals surface area contributed by atoms with Gasteiger partial charge in [-0.15, -0.1) is 0 Å². The van der Waals surface area contributed by atoms with Crippen LogP contribution in [0.15, 0.2) is 23.0 Å². The van der Waals surface area contributed by atoms with Gasteiger partial charge in [0.15, 0.2) is 0 Å². The molecule has 0 aliphatic heterocycles. The fourth-order valence-electron chi connectivity index (χ4n) is 1.21. The van der Waals surface area contributed by atoms with Gasteiger partial charge >= 0.3 is 0 Å². The van der Waals surface area contributed by atoms with Crippen LogP contribution in [0.5, 0.6) is 0 Å². The summed E-state index contributed by atoms with van der Waals surface area (Å²) in [4.78, 5) is 0. The zero-order valence-corrected chi connectivity index (χ0v) is 7.69. The number of aromatic nitrogens is 3. The molecule has 0 aliphatic carbocycles. The second-order valence-electron chi connectivity index (χ2n) is 3.14. The van der Waals surface area contributed by atoms with E-state index in [-0.39, 0.29) is 0 Å². The van der Waals surface area contributed by atoms with Gasteiger partial charge in [0.25, 0.3) is 0 Å². The second kappa shape index (κ2) is 3.05. The summed E-state index contributed by atoms with van der Waals surface area (Å²) < 4.78 is 6.79. The van der Waals surface area contributed by atoms with Crippen LogP contribution in [-0.4, -0.2) is 14.9 Å². The van der Waals surface area contributed by atoms with Crippen LogP contribution in [0.3, 0.4) is 0 Å². The number of aryl methyl sites for hydroxylation is 2. The van der Waals surface area contributed by atoms with Crippen molar-refractivity contribution < 1.29 is 4.52 Å². The van der Waals surface area contributed by atoms with Crippen molar-refractivity contribution in [2.24, 2.45) is 0 Å². The molecule has 0 amide bonds. The zero-order valence-electron chi connectivity index (χ0n) is 7.69. The van der Waals surface area contributed by atoms with Crippen molar-refractivity contribution in [2.75, 3.05) is 0 Å². The monoisotopic (exact) mass is 177 g/mol. The Bertz CT molecular complexity index is 364. The van der Waals surface area contributed by atoms with E-state index in [0.717, 1.165) is 17.0 Å². The number of hydrogen-bond acceptors (Lipinski definition) is 3. The Labute approximate surface area is 76.2 Å². The topological polar surface area (TPSA) is 43.9 Å². The maximum Gasteiger partial charge on any atom is 0.133 e. The fourth-order valence-corrected chi connectivity index (χ4v) is 1.21. The van der Waals surface area contributed by atoms with Gasteiger partial charge in [0.2, 0.25) is 0 Å². The Kier molecular flexibility index (Phi) is 1.88. The highest BCUT2D eigenvalue weighted by Gasteiger charge is 2.01. The standard InChI is InChI=1S/C9H11N3O/c1-7-4-10-12(5-7)6-9-3-8(2)13-11-9/h3-5H,6H2,1-2H3. The Morgan fingerprint density at radius 2 is 2.31 bits per heavy atom. The molecule has 0 aliphatic rings. The first-order chi connectivity index (χ1) is 6.24. The lowest BCUT2D eigenvalue weighted by molar-refractivity contribution is 0.387. The summed E-state index contributed by atoms with van der Waals surface area (Å²) in [6.45, 7) is 4.56. The first kappa shape index (κ1) is 8.04. The van der Waals surface area contributed by atoms with Crippen molar-refractivity contribution in [2.45, 2.75) is 20.4 Å². The van der Waals surface area contributed by atoms with Gasteiger partial charge in [0.05, 0.1) is 12.7 Å². The smallest absolute Gasteiger partial charge is 0.133 e. The predicted octanol–water partition coefficient (Wildman–Crippen LogP) is 1.54. The molecule has 0 fully saturated rings. The molecule has 0 atom stereocenters. The Morgan fingerprint density at radius 1 is 1.46 bits per heavy atom. The third-order valence-corrected chi connectivity index (χ3v) is 1.76. The average molecular weight is 177 g/mol. The molecule has 4 nitrogen and oxygen atoms in total. The Hall–Kier alpha value is -1.58. The van der Waals surface area contributed by atoms with E-state index in [2.05, 4.69) is 10.3 Å². The molecule has 4 heteroatoms. The summed E-state index contributed by atoms with van der Waals surface area (Å²) in [6, 6.07) is 1.91. The highest BCUT2D eigenvalue weighted by molar-refractivity contribution is 5.06. The molecule has 0 unspecified atom stereocenters. The number of hydrogen-bond donors (Lipinski definition) is 0. The minimum Gasteiger partial charge on any atom is -0.361 e. The molecule has 0 saturated carbocycles. The van der Waals surface area contributed by atoms with E-state index >= 15 is 0 Å². The molecule has 0 aromatic carbocycles. The number of rotatable bonds is 2. The molecule has 0 bridgehead atoms. The lowest BCUT2D eigenvalue weighted by atomic mass is 10.4. The molecule has 2 rings (SSSR count). The average Bonchev–Trinajstić information content (AvgIpc) is 2.62. The van der Waals surface area contributed by atoms with E-state index in [1.807, 2.05) is 37.0 Å². The van der Waals surface area contributed by atoms with Gasteiger partial charge in [0, 0.05) is 12.3 Å². The van der Waals surface area contributed by atoms with E-state index in [1.54, 1.807) is 0 Å². The summed E-state index contributed by atoms with van der Waals surface area (Å²) in [5.41, 5.74) is 2.06. The van der Waals surface area contributed by atoms with Crippen molar-refractivity contribution in [3.05, 3.63) is 35.5 Å². The van der Waals surface area contributed by atoms with Crippen molar-refractivity contribution >= 4 is 0 Å². The van der Waals surface area contributed by atoms with Crippen LogP contribution in [0, 0.1) is 13.8 Å². The molecule has 0 radical (unpaired) electrons. The first-order valence-electron chi connectivity index (χ1n) is 4.15. The van der Waals surface area contributed by atoms with Crippen molar-refractivity contribution in [1.29, 1.82) is 0 Å². The summed E-state index contributed by atoms with van der Waals surface area (Å²) in [5.74, 6) is 0.832. The molecule has 0 saturated heterocycles. The van der Waals surface area contributed by atoms with Gasteiger partial charge < -0.3 is 4.52 Å². The second-order valence-corrected chi connectivity index (χ2v) is 3.14. The molecular formula is C9H11N3O. The van der Waals surface area contributed by atoms with Gasteiger partial charge in [-0.05, 0) is 19.4 Å². The van der Waals surface area contributed by atoms with Crippen LogP contribution in [0.1, 0.15) is 17.0 Å². The van der Waals surface area contributed by atoms with E-state index in [4.69, 9.17) is 4.52 Å². The third kappa shape index (κ3) is 1.77.